The molecule has 0 bridgehead atoms. The number of ether oxygens (including phenoxy) is 1. The minimum absolute atomic E-state index is 0.662. The van der Waals surface area contributed by atoms with E-state index in [1.807, 2.05) is 13.0 Å². The maximum Gasteiger partial charge on any atom is 0.0672 e. The van der Waals surface area contributed by atoms with Crippen LogP contribution in [0.1, 0.15) is 6.92 Å². The highest BCUT2D eigenvalue weighted by molar-refractivity contribution is 4.87. The largest absolute Gasteiger partial charge is 0.376 e. The van der Waals surface area contributed by atoms with Gasteiger partial charge in [-0.15, -0.1) is 6.58 Å². The van der Waals surface area contributed by atoms with Gasteiger partial charge in [-0.3, -0.25) is 0 Å². The number of hydrogen-bond acceptors (Lipinski definition) is 2. The van der Waals surface area contributed by atoms with Gasteiger partial charge in [-0.2, -0.15) is 0 Å². The van der Waals surface area contributed by atoms with Crippen molar-refractivity contribution in [2.75, 3.05) is 26.3 Å². The van der Waals surface area contributed by atoms with E-state index in [2.05, 4.69) is 18.5 Å². The lowest BCUT2D eigenvalue weighted by Crippen LogP contribution is -2.19. The first-order chi connectivity index (χ1) is 5.27. The summed E-state index contributed by atoms with van der Waals surface area (Å²) in [7, 11) is 0. The molecule has 0 unspecified atom stereocenters. The molecular weight excluding hydrogens is 138 g/mol. The molecule has 2 nitrogen and oxygen atoms in total. The summed E-state index contributed by atoms with van der Waals surface area (Å²) in [6.07, 6.45) is 1.83. The number of nitrogens with one attached hydrogen (secondary N) is 1. The minimum Gasteiger partial charge on any atom is -0.376 e. The van der Waals surface area contributed by atoms with E-state index < -0.39 is 0 Å². The van der Waals surface area contributed by atoms with Gasteiger partial charge < -0.3 is 10.1 Å². The van der Waals surface area contributed by atoms with E-state index in [4.69, 9.17) is 4.74 Å². The van der Waals surface area contributed by atoms with Crippen LogP contribution in [0.15, 0.2) is 24.8 Å². The molecule has 1 N–H and O–H groups in total. The van der Waals surface area contributed by atoms with E-state index in [0.29, 0.717) is 6.61 Å². The Morgan fingerprint density at radius 1 is 1.64 bits per heavy atom. The highest BCUT2D eigenvalue weighted by Crippen LogP contribution is 1.86. The van der Waals surface area contributed by atoms with E-state index in [1.165, 1.54) is 0 Å². The van der Waals surface area contributed by atoms with Gasteiger partial charge in [0.15, 0.2) is 0 Å². The third kappa shape index (κ3) is 9.40. The summed E-state index contributed by atoms with van der Waals surface area (Å²) < 4.78 is 5.25. The van der Waals surface area contributed by atoms with Gasteiger partial charge in [0.25, 0.3) is 0 Å². The van der Waals surface area contributed by atoms with Crippen molar-refractivity contribution < 1.29 is 4.74 Å². The molecule has 0 atom stereocenters. The Labute approximate surface area is 68.9 Å². The van der Waals surface area contributed by atoms with E-state index >= 15 is 0 Å². The smallest absolute Gasteiger partial charge is 0.0672 e. The molecule has 0 spiro atoms. The van der Waals surface area contributed by atoms with Gasteiger partial charge in [0.05, 0.1) is 13.2 Å². The molecule has 0 aliphatic rings. The summed E-state index contributed by atoms with van der Waals surface area (Å²) >= 11 is 0. The summed E-state index contributed by atoms with van der Waals surface area (Å²) in [6, 6.07) is 0. The second-order valence-electron chi connectivity index (χ2n) is 2.50. The van der Waals surface area contributed by atoms with E-state index in [0.717, 1.165) is 25.3 Å². The molecule has 0 amide bonds. The monoisotopic (exact) mass is 155 g/mol. The minimum atomic E-state index is 0.662. The average molecular weight is 155 g/mol. The van der Waals surface area contributed by atoms with Crippen molar-refractivity contribution in [1.82, 2.24) is 5.32 Å². The summed E-state index contributed by atoms with van der Waals surface area (Å²) in [6.45, 7) is 12.4. The zero-order chi connectivity index (χ0) is 8.53. The third-order valence-corrected chi connectivity index (χ3v) is 1.06. The lowest BCUT2D eigenvalue weighted by molar-refractivity contribution is 0.159. The Kier molecular flexibility index (Phi) is 7.10. The van der Waals surface area contributed by atoms with Gasteiger partial charge in [-0.25, -0.2) is 0 Å². The highest BCUT2D eigenvalue weighted by atomic mass is 16.5. The molecule has 2 heteroatoms. The normalized spacial score (nSPS) is 9.55. The molecule has 0 aliphatic heterocycles. The van der Waals surface area contributed by atoms with Crippen LogP contribution in [-0.4, -0.2) is 26.3 Å². The van der Waals surface area contributed by atoms with Crippen LogP contribution in [0.2, 0.25) is 0 Å². The van der Waals surface area contributed by atoms with E-state index in [-0.39, 0.29) is 0 Å². The first kappa shape index (κ1) is 10.4. The van der Waals surface area contributed by atoms with Crippen molar-refractivity contribution in [3.63, 3.8) is 0 Å². The predicted octanol–water partition coefficient (Wildman–Crippen LogP) is 1.35. The molecule has 0 saturated heterocycles. The molecule has 0 radical (unpaired) electrons. The molecule has 0 aliphatic carbocycles. The molecule has 64 valence electrons. The summed E-state index contributed by atoms with van der Waals surface area (Å²) in [5, 5.41) is 3.14. The maximum atomic E-state index is 5.25. The van der Waals surface area contributed by atoms with Gasteiger partial charge in [0, 0.05) is 13.1 Å². The van der Waals surface area contributed by atoms with Crippen LogP contribution in [0.3, 0.4) is 0 Å². The molecule has 11 heavy (non-hydrogen) atoms. The molecule has 0 saturated carbocycles. The summed E-state index contributed by atoms with van der Waals surface area (Å²) in [4.78, 5) is 0. The number of rotatable bonds is 7. The fourth-order valence-electron chi connectivity index (χ4n) is 0.595. The molecule has 0 aromatic carbocycles. The summed E-state index contributed by atoms with van der Waals surface area (Å²) in [5.41, 5.74) is 1.06. The van der Waals surface area contributed by atoms with Crippen LogP contribution < -0.4 is 5.32 Å². The van der Waals surface area contributed by atoms with Crippen LogP contribution in [0, 0.1) is 0 Å². The molecule has 0 heterocycles. The standard InChI is InChI=1S/C9H17NO/c1-4-5-10-6-7-11-8-9(2)3/h4,10H,1-2,5-8H2,3H3. The topological polar surface area (TPSA) is 21.3 Å². The zero-order valence-corrected chi connectivity index (χ0v) is 7.23. The first-order valence-electron chi connectivity index (χ1n) is 3.81. The average Bonchev–Trinajstić information content (AvgIpc) is 1.96. The Hall–Kier alpha value is -0.600. The second kappa shape index (κ2) is 7.51. The van der Waals surface area contributed by atoms with Crippen LogP contribution in [0.25, 0.3) is 0 Å². The fourth-order valence-corrected chi connectivity index (χ4v) is 0.595. The quantitative estimate of drug-likeness (QED) is 0.442. The predicted molar refractivity (Wildman–Crippen MR) is 48.7 cm³/mol. The molecule has 0 rings (SSSR count). The van der Waals surface area contributed by atoms with Gasteiger partial charge in [0.1, 0.15) is 0 Å². The Morgan fingerprint density at radius 3 is 2.91 bits per heavy atom. The Bertz CT molecular complexity index is 121. The lowest BCUT2D eigenvalue weighted by atomic mass is 10.4. The van der Waals surface area contributed by atoms with Crippen LogP contribution in [-0.2, 0) is 4.74 Å². The van der Waals surface area contributed by atoms with Crippen molar-refractivity contribution in [2.45, 2.75) is 6.92 Å². The van der Waals surface area contributed by atoms with Crippen molar-refractivity contribution in [3.8, 4) is 0 Å². The van der Waals surface area contributed by atoms with Gasteiger partial charge in [0.2, 0.25) is 0 Å². The zero-order valence-electron chi connectivity index (χ0n) is 7.23. The van der Waals surface area contributed by atoms with E-state index in [9.17, 15) is 0 Å². The lowest BCUT2D eigenvalue weighted by Gasteiger charge is -2.03. The van der Waals surface area contributed by atoms with Crippen molar-refractivity contribution in [2.24, 2.45) is 0 Å². The Morgan fingerprint density at radius 2 is 2.36 bits per heavy atom. The fraction of sp³-hybridized carbons (Fsp3) is 0.556. The molecule has 0 fully saturated rings. The highest BCUT2D eigenvalue weighted by Gasteiger charge is 1.86. The van der Waals surface area contributed by atoms with Crippen molar-refractivity contribution >= 4 is 0 Å². The van der Waals surface area contributed by atoms with Crippen molar-refractivity contribution in [1.29, 1.82) is 0 Å². The first-order valence-corrected chi connectivity index (χ1v) is 3.81. The molecule has 0 aromatic rings. The molecule has 0 aromatic heterocycles. The van der Waals surface area contributed by atoms with Crippen LogP contribution in [0.4, 0.5) is 0 Å². The maximum absolute atomic E-state index is 5.25. The number of hydrogen-bond donors (Lipinski definition) is 1. The van der Waals surface area contributed by atoms with Crippen LogP contribution in [0.5, 0.6) is 0 Å². The van der Waals surface area contributed by atoms with Gasteiger partial charge in [-0.05, 0) is 6.92 Å². The van der Waals surface area contributed by atoms with Crippen LogP contribution >= 0.6 is 0 Å². The van der Waals surface area contributed by atoms with Crippen molar-refractivity contribution in [3.05, 3.63) is 24.8 Å². The van der Waals surface area contributed by atoms with Gasteiger partial charge in [-0.1, -0.05) is 18.2 Å². The van der Waals surface area contributed by atoms with E-state index in [1.54, 1.807) is 0 Å². The SMILES string of the molecule is C=CCNCCOCC(=C)C. The second-order valence-corrected chi connectivity index (χ2v) is 2.50. The third-order valence-electron chi connectivity index (χ3n) is 1.06. The van der Waals surface area contributed by atoms with Gasteiger partial charge >= 0.3 is 0 Å². The summed E-state index contributed by atoms with van der Waals surface area (Å²) in [5.74, 6) is 0. The molecular formula is C9H17NO. The Balaban J connectivity index is 2.90.